The van der Waals surface area contributed by atoms with Gasteiger partial charge in [0.25, 0.3) is 5.56 Å². The minimum absolute atomic E-state index is 0. The van der Waals surface area contributed by atoms with Gasteiger partial charge in [-0.05, 0) is 46.7 Å². The van der Waals surface area contributed by atoms with Crippen molar-refractivity contribution < 1.29 is 14.8 Å². The first-order valence-corrected chi connectivity index (χ1v) is 12.5. The van der Waals surface area contributed by atoms with Gasteiger partial charge in [0.2, 0.25) is 6.04 Å². The number of hydrogen-bond acceptors (Lipinski definition) is 5. The first-order chi connectivity index (χ1) is 17.7. The molecule has 1 atom stereocenters. The molecule has 0 bridgehead atoms. The maximum Gasteiger partial charge on any atom is 0.384 e. The Morgan fingerprint density at radius 3 is 2.30 bits per heavy atom. The number of thiazole rings is 1. The second-order valence-corrected chi connectivity index (χ2v) is 9.83. The Balaban J connectivity index is 0.00000252. The zero-order valence-electron chi connectivity index (χ0n) is 19.5. The average molecular weight is 504 g/mol. The van der Waals surface area contributed by atoms with Crippen molar-refractivity contribution in [3.8, 4) is 16.9 Å². The summed E-state index contributed by atoms with van der Waals surface area (Å²) in [6.45, 7) is 0. The number of aromatic nitrogens is 2. The first-order valence-electron chi connectivity index (χ1n) is 11.7. The molecular formula is C30H21N3O3S. The van der Waals surface area contributed by atoms with Crippen LogP contribution in [0.3, 0.4) is 0 Å². The molecule has 1 aliphatic heterocycles. The highest BCUT2D eigenvalue weighted by Gasteiger charge is 2.38. The van der Waals surface area contributed by atoms with E-state index in [9.17, 15) is 9.90 Å². The molecule has 3 N–H and O–H groups in total. The standard InChI is InChI=1S/C30H19N3O2S.H2O/c34-28-21-10-4-5-11-22(21)31-29(35)25(28)27-26(32-30-33(27)23-12-6-7-13-24(23)36-30)20-16-14-19(15-17-20)18-8-2-1-3-9-18;/h1-17,26H,(H,31,34,35);1H2. The molecule has 0 saturated carbocycles. The van der Waals surface area contributed by atoms with Gasteiger partial charge in [-0.3, -0.25) is 4.79 Å². The van der Waals surface area contributed by atoms with Crippen LogP contribution in [0.25, 0.3) is 32.2 Å². The van der Waals surface area contributed by atoms with Crippen molar-refractivity contribution in [3.63, 3.8) is 0 Å². The van der Waals surface area contributed by atoms with E-state index >= 15 is 0 Å². The van der Waals surface area contributed by atoms with Crippen molar-refractivity contribution >= 4 is 32.5 Å². The second kappa shape index (κ2) is 8.81. The predicted octanol–water partition coefficient (Wildman–Crippen LogP) is 5.03. The Morgan fingerprint density at radius 2 is 1.49 bits per heavy atom. The lowest BCUT2D eigenvalue weighted by atomic mass is 9.94. The van der Waals surface area contributed by atoms with E-state index in [-0.39, 0.29) is 22.3 Å². The molecule has 0 amide bonds. The molecule has 0 aliphatic carbocycles. The summed E-state index contributed by atoms with van der Waals surface area (Å²) in [5, 5.41) is 12.0. The summed E-state index contributed by atoms with van der Waals surface area (Å²) in [6.07, 6.45) is 0. The third-order valence-electron chi connectivity index (χ3n) is 6.72. The van der Waals surface area contributed by atoms with Crippen LogP contribution < -0.4 is 14.6 Å². The van der Waals surface area contributed by atoms with Gasteiger partial charge in [-0.2, -0.15) is 4.24 Å². The van der Waals surface area contributed by atoms with Crippen LogP contribution >= 0.6 is 11.3 Å². The monoisotopic (exact) mass is 503 g/mol. The van der Waals surface area contributed by atoms with E-state index in [1.165, 1.54) is 0 Å². The van der Waals surface area contributed by atoms with Gasteiger partial charge < -0.3 is 15.6 Å². The summed E-state index contributed by atoms with van der Waals surface area (Å²) >= 11 is 1.58. The van der Waals surface area contributed by atoms with E-state index in [2.05, 4.69) is 41.4 Å². The Labute approximate surface area is 215 Å². The normalized spacial score (nSPS) is 14.4. The quantitative estimate of drug-likeness (QED) is 0.331. The number of pyridine rings is 1. The van der Waals surface area contributed by atoms with Crippen LogP contribution in [0, 0.1) is 5.71 Å². The predicted molar refractivity (Wildman–Crippen MR) is 144 cm³/mol. The molecule has 3 heterocycles. The molecule has 6 nitrogen and oxygen atoms in total. The average Bonchev–Trinajstić information content (AvgIpc) is 3.46. The summed E-state index contributed by atoms with van der Waals surface area (Å²) in [5.41, 5.74) is 5.35. The highest BCUT2D eigenvalue weighted by molar-refractivity contribution is 7.15. The van der Waals surface area contributed by atoms with Crippen LogP contribution in [-0.4, -0.2) is 15.6 Å². The number of nitrogens with one attached hydrogen (secondary N) is 1. The number of aromatic hydroxyl groups is 1. The first kappa shape index (κ1) is 22.8. The molecular weight excluding hydrogens is 482 g/mol. The van der Waals surface area contributed by atoms with E-state index in [4.69, 9.17) is 4.99 Å². The van der Waals surface area contributed by atoms with Crippen LogP contribution in [-0.2, 0) is 0 Å². The molecule has 0 fully saturated rings. The molecule has 1 aliphatic rings. The molecule has 37 heavy (non-hydrogen) atoms. The molecule has 0 spiro atoms. The number of para-hydroxylation sites is 2. The lowest BCUT2D eigenvalue weighted by Gasteiger charge is -2.11. The van der Waals surface area contributed by atoms with Gasteiger partial charge in [0.15, 0.2) is 11.2 Å². The summed E-state index contributed by atoms with van der Waals surface area (Å²) in [5.74, 6) is -0.0268. The van der Waals surface area contributed by atoms with Crippen molar-refractivity contribution in [2.75, 3.05) is 0 Å². The van der Waals surface area contributed by atoms with Crippen molar-refractivity contribution in [1.29, 1.82) is 0 Å². The zero-order valence-corrected chi connectivity index (χ0v) is 20.3. The van der Waals surface area contributed by atoms with E-state index in [1.807, 2.05) is 64.9 Å². The number of rotatable bonds is 3. The van der Waals surface area contributed by atoms with Crippen LogP contribution in [0.2, 0.25) is 0 Å². The molecule has 7 rings (SSSR count). The zero-order chi connectivity index (χ0) is 24.2. The Morgan fingerprint density at radius 1 is 0.811 bits per heavy atom. The SMILES string of the molecule is O=c1[nH]c2ccccc2c(O)c1C1=[n+]2c(sc3ccccc32)=NC1c1ccc(-c2ccccc2)cc1.[OH-]. The van der Waals surface area contributed by atoms with Gasteiger partial charge in [0.05, 0.1) is 10.2 Å². The van der Waals surface area contributed by atoms with Gasteiger partial charge in [-0.1, -0.05) is 83.9 Å². The van der Waals surface area contributed by atoms with Gasteiger partial charge >= 0.3 is 4.80 Å². The van der Waals surface area contributed by atoms with E-state index in [0.717, 1.165) is 31.7 Å². The smallest absolute Gasteiger partial charge is 0.384 e. The number of hydrogen-bond donors (Lipinski definition) is 2. The summed E-state index contributed by atoms with van der Waals surface area (Å²) in [7, 11) is 0. The second-order valence-electron chi connectivity index (χ2n) is 8.82. The number of aromatic amines is 1. The van der Waals surface area contributed by atoms with E-state index in [0.29, 0.717) is 16.6 Å². The van der Waals surface area contributed by atoms with Crippen LogP contribution in [0.15, 0.2) is 113 Å². The van der Waals surface area contributed by atoms with Crippen LogP contribution in [0.1, 0.15) is 17.2 Å². The lowest BCUT2D eigenvalue weighted by molar-refractivity contribution is -0.498. The van der Waals surface area contributed by atoms with Crippen molar-refractivity contribution in [3.05, 3.63) is 135 Å². The molecule has 2 aromatic heterocycles. The Kier molecular flexibility index (Phi) is 5.44. The molecule has 180 valence electrons. The maximum absolute atomic E-state index is 13.4. The van der Waals surface area contributed by atoms with Crippen LogP contribution in [0.4, 0.5) is 0 Å². The highest BCUT2D eigenvalue weighted by atomic mass is 32.1. The minimum Gasteiger partial charge on any atom is -0.870 e. The summed E-state index contributed by atoms with van der Waals surface area (Å²) < 4.78 is 3.10. The summed E-state index contributed by atoms with van der Waals surface area (Å²) in [4.78, 5) is 22.3. The van der Waals surface area contributed by atoms with Gasteiger partial charge in [-0.15, -0.1) is 0 Å². The van der Waals surface area contributed by atoms with Gasteiger partial charge in [-0.25, -0.2) is 0 Å². The lowest BCUT2D eigenvalue weighted by Crippen LogP contribution is -2.35. The Hall–Kier alpha value is -4.59. The number of H-pyrrole nitrogens is 1. The molecule has 0 radical (unpaired) electrons. The summed E-state index contributed by atoms with van der Waals surface area (Å²) in [6, 6.07) is 33.4. The van der Waals surface area contributed by atoms with Crippen LogP contribution in [0.5, 0.6) is 5.75 Å². The fraction of sp³-hybridized carbons (Fsp3) is 0.0333. The van der Waals surface area contributed by atoms with Gasteiger partial charge in [0, 0.05) is 10.9 Å². The molecule has 7 heteroatoms. The molecule has 0 saturated heterocycles. The van der Waals surface area contributed by atoms with E-state index in [1.54, 1.807) is 17.4 Å². The number of benzene rings is 4. The molecule has 1 unspecified atom stereocenters. The van der Waals surface area contributed by atoms with Gasteiger partial charge in [0.1, 0.15) is 11.3 Å². The van der Waals surface area contributed by atoms with Crippen molar-refractivity contribution in [2.45, 2.75) is 6.04 Å². The highest BCUT2D eigenvalue weighted by Crippen LogP contribution is 2.36. The van der Waals surface area contributed by atoms with Crippen molar-refractivity contribution in [1.82, 2.24) is 4.98 Å². The topological polar surface area (TPSA) is 101 Å². The largest absolute Gasteiger partial charge is 0.870 e. The minimum atomic E-state index is -0.432. The fourth-order valence-corrected chi connectivity index (χ4v) is 6.07. The third-order valence-corrected chi connectivity index (χ3v) is 7.76. The third kappa shape index (κ3) is 3.56. The molecule has 6 aromatic rings. The Bertz CT molecular complexity index is 1980. The number of fused-ring (bicyclic) bond motifs is 4. The number of nitrogens with zero attached hydrogens (tertiary/aromatic N) is 2. The van der Waals surface area contributed by atoms with E-state index < -0.39 is 6.04 Å². The molecule has 4 aromatic carbocycles. The maximum atomic E-state index is 13.4. The fourth-order valence-electron chi connectivity index (χ4n) is 5.02. The van der Waals surface area contributed by atoms with Crippen molar-refractivity contribution in [2.24, 2.45) is 4.99 Å².